The normalized spacial score (nSPS) is 12.4. The van der Waals surface area contributed by atoms with Crippen LogP contribution in [0.15, 0.2) is 5.38 Å². The van der Waals surface area contributed by atoms with Crippen LogP contribution in [-0.2, 0) is 9.47 Å². The molecule has 0 bridgehead atoms. The minimum Gasteiger partial charge on any atom is -0.380 e. The van der Waals surface area contributed by atoms with Gasteiger partial charge in [-0.3, -0.25) is 4.79 Å². The van der Waals surface area contributed by atoms with Gasteiger partial charge in [-0.15, -0.1) is 11.3 Å². The van der Waals surface area contributed by atoms with E-state index in [0.717, 1.165) is 5.01 Å². The van der Waals surface area contributed by atoms with Crippen molar-refractivity contribution < 1.29 is 14.3 Å². The van der Waals surface area contributed by atoms with E-state index in [1.165, 1.54) is 11.3 Å². The maximum atomic E-state index is 12.5. The third kappa shape index (κ3) is 6.09. The molecule has 1 rings (SSSR count). The van der Waals surface area contributed by atoms with Gasteiger partial charge in [-0.05, 0) is 20.8 Å². The molecule has 0 aliphatic rings. The highest BCUT2D eigenvalue weighted by Crippen LogP contribution is 2.17. The highest BCUT2D eigenvalue weighted by Gasteiger charge is 2.19. The van der Waals surface area contributed by atoms with Crippen LogP contribution in [0.2, 0.25) is 0 Å². The molecule has 0 fully saturated rings. The largest absolute Gasteiger partial charge is 0.380 e. The fourth-order valence-corrected chi connectivity index (χ4v) is 2.46. The van der Waals surface area contributed by atoms with Crippen LogP contribution >= 0.6 is 11.3 Å². The molecule has 1 aromatic rings. The van der Waals surface area contributed by atoms with Crippen LogP contribution in [0.1, 0.15) is 42.3 Å². The van der Waals surface area contributed by atoms with Gasteiger partial charge < -0.3 is 20.1 Å². The number of thiazole rings is 1. The van der Waals surface area contributed by atoms with Crippen molar-refractivity contribution in [3.05, 3.63) is 16.1 Å². The highest BCUT2D eigenvalue weighted by molar-refractivity contribution is 7.09. The van der Waals surface area contributed by atoms with Crippen molar-refractivity contribution in [2.24, 2.45) is 5.73 Å². The predicted octanol–water partition coefficient (Wildman–Crippen LogP) is 1.68. The Kier molecular flexibility index (Phi) is 8.44. The van der Waals surface area contributed by atoms with E-state index >= 15 is 0 Å². The fourth-order valence-electron chi connectivity index (χ4n) is 1.71. The molecule has 0 aromatic carbocycles. The van der Waals surface area contributed by atoms with E-state index in [1.54, 1.807) is 10.3 Å². The van der Waals surface area contributed by atoms with E-state index in [9.17, 15) is 4.79 Å². The first-order chi connectivity index (χ1) is 10.1. The summed E-state index contributed by atoms with van der Waals surface area (Å²) in [4.78, 5) is 18.5. The van der Waals surface area contributed by atoms with Gasteiger partial charge in [-0.25, -0.2) is 4.98 Å². The van der Waals surface area contributed by atoms with Crippen molar-refractivity contribution in [3.63, 3.8) is 0 Å². The summed E-state index contributed by atoms with van der Waals surface area (Å²) < 4.78 is 10.7. The lowest BCUT2D eigenvalue weighted by Crippen LogP contribution is -2.37. The fraction of sp³-hybridized carbons (Fsp3) is 0.714. The zero-order valence-electron chi connectivity index (χ0n) is 13.0. The van der Waals surface area contributed by atoms with E-state index in [0.29, 0.717) is 45.2 Å². The molecule has 0 aliphatic carbocycles. The van der Waals surface area contributed by atoms with Crippen LogP contribution in [0.5, 0.6) is 0 Å². The molecule has 1 amide bonds. The van der Waals surface area contributed by atoms with Crippen LogP contribution in [0, 0.1) is 0 Å². The van der Waals surface area contributed by atoms with Crippen molar-refractivity contribution in [2.75, 3.05) is 39.5 Å². The van der Waals surface area contributed by atoms with E-state index in [2.05, 4.69) is 4.98 Å². The molecule has 1 atom stereocenters. The molecule has 1 heterocycles. The molecule has 7 heteroatoms. The summed E-state index contributed by atoms with van der Waals surface area (Å²) in [5.74, 6) is -0.0995. The predicted molar refractivity (Wildman–Crippen MR) is 83.6 cm³/mol. The number of nitrogens with two attached hydrogens (primary N) is 1. The van der Waals surface area contributed by atoms with Crippen LogP contribution in [0.3, 0.4) is 0 Å². The second-order valence-electron chi connectivity index (χ2n) is 4.55. The molecule has 0 saturated heterocycles. The van der Waals surface area contributed by atoms with Crippen LogP contribution in [0.4, 0.5) is 0 Å². The second-order valence-corrected chi connectivity index (χ2v) is 5.44. The molecule has 0 spiro atoms. The van der Waals surface area contributed by atoms with E-state index in [-0.39, 0.29) is 11.9 Å². The molecule has 0 aliphatic heterocycles. The lowest BCUT2D eigenvalue weighted by atomic mass is 10.3. The SMILES string of the molecule is CCOCCN(CCOCC)C(=O)c1csc(C(C)N)n1. The van der Waals surface area contributed by atoms with Crippen molar-refractivity contribution >= 4 is 17.2 Å². The number of carbonyl (C=O) groups is 1. The van der Waals surface area contributed by atoms with Crippen LogP contribution < -0.4 is 5.73 Å². The average molecular weight is 315 g/mol. The van der Waals surface area contributed by atoms with E-state index in [4.69, 9.17) is 15.2 Å². The number of rotatable bonds is 10. The molecular formula is C14H25N3O3S. The number of aromatic nitrogens is 1. The standard InChI is InChI=1S/C14H25N3O3S/c1-4-19-8-6-17(7-9-20-5-2)14(18)12-10-21-13(16-12)11(3)15/h10-11H,4-9,15H2,1-3H3. The van der Waals surface area contributed by atoms with Gasteiger partial charge >= 0.3 is 0 Å². The summed E-state index contributed by atoms with van der Waals surface area (Å²) in [6.45, 7) is 9.09. The molecule has 120 valence electrons. The zero-order valence-corrected chi connectivity index (χ0v) is 13.8. The van der Waals surface area contributed by atoms with Gasteiger partial charge in [0.25, 0.3) is 5.91 Å². The van der Waals surface area contributed by atoms with Gasteiger partial charge in [0.2, 0.25) is 0 Å². The molecule has 2 N–H and O–H groups in total. The summed E-state index contributed by atoms with van der Waals surface area (Å²) >= 11 is 1.41. The van der Waals surface area contributed by atoms with Crippen LogP contribution in [0.25, 0.3) is 0 Å². The summed E-state index contributed by atoms with van der Waals surface area (Å²) in [5.41, 5.74) is 6.23. The number of ether oxygens (including phenoxy) is 2. The van der Waals surface area contributed by atoms with Gasteiger partial charge in [0.05, 0.1) is 19.3 Å². The van der Waals surface area contributed by atoms with Crippen molar-refractivity contribution in [2.45, 2.75) is 26.8 Å². The Morgan fingerprint density at radius 2 is 1.90 bits per heavy atom. The Morgan fingerprint density at radius 3 is 2.33 bits per heavy atom. The summed E-state index contributed by atoms with van der Waals surface area (Å²) in [6, 6.07) is -0.156. The molecule has 0 radical (unpaired) electrons. The molecular weight excluding hydrogens is 290 g/mol. The lowest BCUT2D eigenvalue weighted by molar-refractivity contribution is 0.0546. The van der Waals surface area contributed by atoms with Crippen LogP contribution in [-0.4, -0.2) is 55.3 Å². The van der Waals surface area contributed by atoms with Gasteiger partial charge in [-0.2, -0.15) is 0 Å². The number of carbonyl (C=O) groups excluding carboxylic acids is 1. The monoisotopic (exact) mass is 315 g/mol. The minimum atomic E-state index is -0.156. The first-order valence-corrected chi connectivity index (χ1v) is 8.13. The summed E-state index contributed by atoms with van der Waals surface area (Å²) in [5, 5.41) is 2.53. The summed E-state index contributed by atoms with van der Waals surface area (Å²) in [6.07, 6.45) is 0. The highest BCUT2D eigenvalue weighted by atomic mass is 32.1. The first kappa shape index (κ1) is 18.0. The van der Waals surface area contributed by atoms with Crippen molar-refractivity contribution in [1.29, 1.82) is 0 Å². The maximum Gasteiger partial charge on any atom is 0.273 e. The minimum absolute atomic E-state index is 0.0995. The topological polar surface area (TPSA) is 77.7 Å². The van der Waals surface area contributed by atoms with E-state index < -0.39 is 0 Å². The molecule has 6 nitrogen and oxygen atoms in total. The Bertz CT molecular complexity index is 413. The zero-order chi connectivity index (χ0) is 15.7. The third-order valence-electron chi connectivity index (χ3n) is 2.84. The first-order valence-electron chi connectivity index (χ1n) is 7.25. The Hall–Kier alpha value is -1.02. The lowest BCUT2D eigenvalue weighted by Gasteiger charge is -2.21. The summed E-state index contributed by atoms with van der Waals surface area (Å²) in [7, 11) is 0. The number of amides is 1. The smallest absolute Gasteiger partial charge is 0.273 e. The van der Waals surface area contributed by atoms with Crippen molar-refractivity contribution in [3.8, 4) is 0 Å². The van der Waals surface area contributed by atoms with Gasteiger partial charge in [0, 0.05) is 31.7 Å². The average Bonchev–Trinajstić information content (AvgIpc) is 2.95. The second kappa shape index (κ2) is 9.83. The number of hydrogen-bond donors (Lipinski definition) is 1. The number of nitrogens with zero attached hydrogens (tertiary/aromatic N) is 2. The Balaban J connectivity index is 2.66. The quantitative estimate of drug-likeness (QED) is 0.665. The molecule has 1 aromatic heterocycles. The molecule has 1 unspecified atom stereocenters. The van der Waals surface area contributed by atoms with E-state index in [1.807, 2.05) is 20.8 Å². The Morgan fingerprint density at radius 1 is 1.33 bits per heavy atom. The van der Waals surface area contributed by atoms with Crippen molar-refractivity contribution in [1.82, 2.24) is 9.88 Å². The Labute approximate surface area is 130 Å². The molecule has 21 heavy (non-hydrogen) atoms. The van der Waals surface area contributed by atoms with Gasteiger partial charge in [0.15, 0.2) is 0 Å². The maximum absolute atomic E-state index is 12.5. The van der Waals surface area contributed by atoms with Gasteiger partial charge in [0.1, 0.15) is 10.7 Å². The van der Waals surface area contributed by atoms with Gasteiger partial charge in [-0.1, -0.05) is 0 Å². The molecule has 0 saturated carbocycles. The third-order valence-corrected chi connectivity index (χ3v) is 3.88. The number of hydrogen-bond acceptors (Lipinski definition) is 6.